The molecule has 0 aliphatic carbocycles. The Labute approximate surface area is 176 Å². The number of carbonyl (C=O) groups is 3. The quantitative estimate of drug-likeness (QED) is 0.257. The fraction of sp³-hybridized carbons (Fsp3) is 0.182. The van der Waals surface area contributed by atoms with Gasteiger partial charge >= 0.3 is 0 Å². The van der Waals surface area contributed by atoms with Crippen LogP contribution in [0.15, 0.2) is 48.7 Å². The third kappa shape index (κ3) is 3.65. The second kappa shape index (κ2) is 8.02. The molecular formula is C22H20FN5O3. The number of Topliss-reactive ketones (excluding diaryl/α,β-unsaturated/α-hetero) is 1. The van der Waals surface area contributed by atoms with Crippen LogP contribution in [0.5, 0.6) is 0 Å². The number of hydrogen-bond acceptors (Lipinski definition) is 4. The van der Waals surface area contributed by atoms with Crippen molar-refractivity contribution in [2.24, 2.45) is 5.73 Å². The fourth-order valence-corrected chi connectivity index (χ4v) is 3.75. The largest absolute Gasteiger partial charge is 0.384 e. The second-order valence-corrected chi connectivity index (χ2v) is 7.24. The molecule has 4 rings (SSSR count). The Morgan fingerprint density at radius 3 is 2.23 bits per heavy atom. The summed E-state index contributed by atoms with van der Waals surface area (Å²) < 4.78 is 14.4. The van der Waals surface area contributed by atoms with Gasteiger partial charge in [0.2, 0.25) is 0 Å². The van der Waals surface area contributed by atoms with Gasteiger partial charge in [0, 0.05) is 48.9 Å². The van der Waals surface area contributed by atoms with Crippen molar-refractivity contribution in [3.05, 3.63) is 71.2 Å². The monoisotopic (exact) mass is 421 g/mol. The van der Waals surface area contributed by atoms with E-state index in [2.05, 4.69) is 4.98 Å². The highest BCUT2D eigenvalue weighted by atomic mass is 19.1. The van der Waals surface area contributed by atoms with Crippen molar-refractivity contribution >= 4 is 34.3 Å². The summed E-state index contributed by atoms with van der Waals surface area (Å²) in [6.07, 6.45) is 1.26. The Hall–Kier alpha value is -4.01. The number of H-pyrrole nitrogens is 1. The number of amidine groups is 1. The molecule has 0 spiro atoms. The average molecular weight is 421 g/mol. The van der Waals surface area contributed by atoms with Gasteiger partial charge in [0.1, 0.15) is 11.7 Å². The van der Waals surface area contributed by atoms with E-state index < -0.39 is 17.5 Å². The number of hydrogen-bond donors (Lipinski definition) is 3. The molecule has 2 amide bonds. The molecule has 0 atom stereocenters. The number of benzene rings is 2. The molecule has 4 N–H and O–H groups in total. The second-order valence-electron chi connectivity index (χ2n) is 7.24. The number of halogens is 1. The summed E-state index contributed by atoms with van der Waals surface area (Å²) in [6, 6.07) is 11.3. The van der Waals surface area contributed by atoms with E-state index in [9.17, 15) is 18.8 Å². The van der Waals surface area contributed by atoms with Gasteiger partial charge in [-0.2, -0.15) is 0 Å². The molecule has 2 aromatic carbocycles. The van der Waals surface area contributed by atoms with Crippen LogP contribution in [-0.2, 0) is 4.79 Å². The number of nitrogens with one attached hydrogen (secondary N) is 2. The summed E-state index contributed by atoms with van der Waals surface area (Å²) in [6.45, 7) is 0.992. The SMILES string of the molecule is N=C(N)c1ccc(F)c2c(C(=O)C(=O)N3CCN(C(=O)c4ccccc4)CC3)c[nH]c12. The molecule has 1 fully saturated rings. The van der Waals surface area contributed by atoms with E-state index in [-0.39, 0.29) is 46.9 Å². The van der Waals surface area contributed by atoms with Gasteiger partial charge < -0.3 is 20.5 Å². The zero-order chi connectivity index (χ0) is 22.1. The van der Waals surface area contributed by atoms with Crippen molar-refractivity contribution in [1.29, 1.82) is 5.41 Å². The van der Waals surface area contributed by atoms with E-state index in [1.165, 1.54) is 17.2 Å². The highest BCUT2D eigenvalue weighted by molar-refractivity contribution is 6.45. The summed E-state index contributed by atoms with van der Waals surface area (Å²) in [7, 11) is 0. The van der Waals surface area contributed by atoms with Crippen LogP contribution in [0.4, 0.5) is 4.39 Å². The molecule has 158 valence electrons. The van der Waals surface area contributed by atoms with Crippen molar-refractivity contribution in [3.8, 4) is 0 Å². The number of piperazine rings is 1. The minimum atomic E-state index is -0.853. The normalized spacial score (nSPS) is 14.0. The van der Waals surface area contributed by atoms with Crippen LogP contribution in [-0.4, -0.2) is 64.4 Å². The Kier molecular flexibility index (Phi) is 5.24. The van der Waals surface area contributed by atoms with Gasteiger partial charge in [0.15, 0.2) is 0 Å². The molecule has 9 heteroatoms. The van der Waals surface area contributed by atoms with Gasteiger partial charge in [-0.15, -0.1) is 0 Å². The predicted octanol–water partition coefficient (Wildman–Crippen LogP) is 1.76. The lowest BCUT2D eigenvalue weighted by Crippen LogP contribution is -2.52. The summed E-state index contributed by atoms with van der Waals surface area (Å²) in [5.74, 6) is -2.71. The molecule has 1 saturated heterocycles. The van der Waals surface area contributed by atoms with Crippen LogP contribution < -0.4 is 5.73 Å². The maximum atomic E-state index is 14.4. The smallest absolute Gasteiger partial charge is 0.295 e. The molecule has 8 nitrogen and oxygen atoms in total. The number of ketones is 1. The molecule has 0 saturated carbocycles. The Bertz CT molecular complexity index is 1200. The van der Waals surface area contributed by atoms with Gasteiger partial charge in [-0.3, -0.25) is 19.8 Å². The van der Waals surface area contributed by atoms with Crippen LogP contribution in [0.1, 0.15) is 26.3 Å². The number of amides is 2. The molecule has 1 aliphatic heterocycles. The number of aromatic nitrogens is 1. The lowest BCUT2D eigenvalue weighted by molar-refractivity contribution is -0.127. The highest BCUT2D eigenvalue weighted by Crippen LogP contribution is 2.26. The summed E-state index contributed by atoms with van der Waals surface area (Å²) in [5, 5.41) is 7.54. The number of carbonyl (C=O) groups excluding carboxylic acids is 3. The van der Waals surface area contributed by atoms with E-state index in [0.29, 0.717) is 18.7 Å². The van der Waals surface area contributed by atoms with Crippen molar-refractivity contribution in [2.45, 2.75) is 0 Å². The molecule has 0 radical (unpaired) electrons. The van der Waals surface area contributed by atoms with E-state index in [4.69, 9.17) is 11.1 Å². The van der Waals surface area contributed by atoms with Gasteiger partial charge in [-0.05, 0) is 24.3 Å². The average Bonchev–Trinajstić information content (AvgIpc) is 3.24. The molecule has 2 heterocycles. The van der Waals surface area contributed by atoms with Crippen LogP contribution in [0.25, 0.3) is 10.9 Å². The lowest BCUT2D eigenvalue weighted by atomic mass is 10.0. The van der Waals surface area contributed by atoms with E-state index in [1.54, 1.807) is 29.2 Å². The van der Waals surface area contributed by atoms with E-state index in [1.807, 2.05) is 6.07 Å². The number of nitrogens with two attached hydrogens (primary N) is 1. The highest BCUT2D eigenvalue weighted by Gasteiger charge is 2.31. The minimum Gasteiger partial charge on any atom is -0.384 e. The summed E-state index contributed by atoms with van der Waals surface area (Å²) in [4.78, 5) is 43.9. The Morgan fingerprint density at radius 1 is 0.935 bits per heavy atom. The standard InChI is InChI=1S/C22H20FN5O3/c23-16-7-6-14(20(24)25)18-17(16)15(12-26-18)19(29)22(31)28-10-8-27(9-11-28)21(30)13-4-2-1-3-5-13/h1-7,12,26H,8-11H2,(H3,24,25). The number of nitrogens with zero attached hydrogens (tertiary/aromatic N) is 2. The zero-order valence-corrected chi connectivity index (χ0v) is 16.5. The fourth-order valence-electron chi connectivity index (χ4n) is 3.75. The molecule has 3 aromatic rings. The maximum absolute atomic E-state index is 14.4. The first-order chi connectivity index (χ1) is 14.9. The first-order valence-electron chi connectivity index (χ1n) is 9.70. The van der Waals surface area contributed by atoms with Crippen LogP contribution >= 0.6 is 0 Å². The van der Waals surface area contributed by atoms with Gasteiger partial charge in [0.05, 0.1) is 11.1 Å². The minimum absolute atomic E-state index is 0.0658. The van der Waals surface area contributed by atoms with Gasteiger partial charge in [-0.1, -0.05) is 18.2 Å². The van der Waals surface area contributed by atoms with E-state index in [0.717, 1.165) is 6.07 Å². The third-order valence-electron chi connectivity index (χ3n) is 5.39. The molecule has 31 heavy (non-hydrogen) atoms. The van der Waals surface area contributed by atoms with Gasteiger partial charge in [0.25, 0.3) is 17.6 Å². The number of aromatic amines is 1. The van der Waals surface area contributed by atoms with Gasteiger partial charge in [-0.25, -0.2) is 4.39 Å². The van der Waals surface area contributed by atoms with Crippen LogP contribution in [0, 0.1) is 11.2 Å². The van der Waals surface area contributed by atoms with Crippen LogP contribution in [0.3, 0.4) is 0 Å². The Balaban J connectivity index is 1.50. The molecular weight excluding hydrogens is 401 g/mol. The van der Waals surface area contributed by atoms with Crippen molar-refractivity contribution in [3.63, 3.8) is 0 Å². The third-order valence-corrected chi connectivity index (χ3v) is 5.39. The molecule has 1 aromatic heterocycles. The molecule has 1 aliphatic rings. The first kappa shape index (κ1) is 20.3. The van der Waals surface area contributed by atoms with E-state index >= 15 is 0 Å². The predicted molar refractivity (Wildman–Crippen MR) is 113 cm³/mol. The zero-order valence-electron chi connectivity index (χ0n) is 16.5. The summed E-state index contributed by atoms with van der Waals surface area (Å²) >= 11 is 0. The lowest BCUT2D eigenvalue weighted by Gasteiger charge is -2.34. The maximum Gasteiger partial charge on any atom is 0.295 e. The molecule has 0 bridgehead atoms. The first-order valence-corrected chi connectivity index (χ1v) is 9.70. The molecule has 0 unspecified atom stereocenters. The number of fused-ring (bicyclic) bond motifs is 1. The Morgan fingerprint density at radius 2 is 1.58 bits per heavy atom. The number of nitrogen functional groups attached to an aromatic ring is 1. The van der Waals surface area contributed by atoms with Crippen molar-refractivity contribution in [2.75, 3.05) is 26.2 Å². The summed E-state index contributed by atoms with van der Waals surface area (Å²) in [5.41, 5.74) is 6.42. The number of rotatable bonds is 4. The topological polar surface area (TPSA) is 123 Å². The van der Waals surface area contributed by atoms with Crippen LogP contribution in [0.2, 0.25) is 0 Å². The van der Waals surface area contributed by atoms with Crippen molar-refractivity contribution in [1.82, 2.24) is 14.8 Å². The van der Waals surface area contributed by atoms with Crippen molar-refractivity contribution < 1.29 is 18.8 Å².